The van der Waals surface area contributed by atoms with Gasteiger partial charge in [0.2, 0.25) is 15.8 Å². The highest BCUT2D eigenvalue weighted by atomic mass is 32.2. The summed E-state index contributed by atoms with van der Waals surface area (Å²) in [6, 6.07) is 7.29. The van der Waals surface area contributed by atoms with Crippen LogP contribution in [-0.2, 0) is 10.0 Å². The molecule has 1 fully saturated rings. The molecule has 0 bridgehead atoms. The predicted octanol–water partition coefficient (Wildman–Crippen LogP) is 3.32. The largest absolute Gasteiger partial charge is 0.400 e. The van der Waals surface area contributed by atoms with Crippen LogP contribution in [0.1, 0.15) is 49.4 Å². The molecule has 0 unspecified atom stereocenters. The van der Waals surface area contributed by atoms with Crippen molar-refractivity contribution in [2.75, 3.05) is 11.9 Å². The maximum Gasteiger partial charge on any atom is 0.322 e. The number of amides is 1. The summed E-state index contributed by atoms with van der Waals surface area (Å²) in [6.45, 7) is 2.27. The first-order valence-electron chi connectivity index (χ1n) is 10.2. The monoisotopic (exact) mass is 445 g/mol. The molecule has 11 heteroatoms. The molecule has 1 aliphatic carbocycles. The molecule has 1 aromatic carbocycles. The van der Waals surface area contributed by atoms with Gasteiger partial charge in [0.05, 0.1) is 11.1 Å². The molecule has 3 aromatic rings. The van der Waals surface area contributed by atoms with Crippen molar-refractivity contribution in [1.82, 2.24) is 19.7 Å². The molecule has 1 aliphatic rings. The predicted molar refractivity (Wildman–Crippen MR) is 111 cm³/mol. The molecule has 1 N–H and O–H groups in total. The third-order valence-electron chi connectivity index (χ3n) is 5.31. The number of carbonyl (C=O) groups excluding carboxylic acids is 1. The molecule has 0 radical (unpaired) electrons. The molecule has 31 heavy (non-hydrogen) atoms. The number of sulfonamides is 1. The van der Waals surface area contributed by atoms with Gasteiger partial charge in [0.15, 0.2) is 0 Å². The minimum absolute atomic E-state index is 0.0304. The van der Waals surface area contributed by atoms with Gasteiger partial charge in [-0.15, -0.1) is 5.10 Å². The molecule has 1 saturated carbocycles. The zero-order chi connectivity index (χ0) is 21.8. The van der Waals surface area contributed by atoms with E-state index in [4.69, 9.17) is 8.94 Å². The van der Waals surface area contributed by atoms with Crippen LogP contribution in [0, 0.1) is 0 Å². The van der Waals surface area contributed by atoms with Crippen molar-refractivity contribution < 1.29 is 22.2 Å². The minimum atomic E-state index is -3.63. The lowest BCUT2D eigenvalue weighted by Crippen LogP contribution is -2.41. The molecule has 10 nitrogen and oxygen atoms in total. The van der Waals surface area contributed by atoms with E-state index in [9.17, 15) is 13.2 Å². The third kappa shape index (κ3) is 4.52. The van der Waals surface area contributed by atoms with Crippen molar-refractivity contribution in [1.29, 1.82) is 0 Å². The Kier molecular flexibility index (Phi) is 6.14. The molecule has 2 aromatic heterocycles. The summed E-state index contributed by atoms with van der Waals surface area (Å²) in [5, 5.41) is 13.5. The van der Waals surface area contributed by atoms with Crippen molar-refractivity contribution in [3.8, 4) is 11.7 Å². The van der Waals surface area contributed by atoms with Crippen LogP contribution in [-0.4, -0.2) is 46.6 Å². The smallest absolute Gasteiger partial charge is 0.322 e. The first-order valence-corrected chi connectivity index (χ1v) is 11.6. The van der Waals surface area contributed by atoms with Crippen LogP contribution < -0.4 is 5.32 Å². The van der Waals surface area contributed by atoms with E-state index in [0.717, 1.165) is 32.1 Å². The average Bonchev–Trinajstić information content (AvgIpc) is 3.47. The minimum Gasteiger partial charge on any atom is -0.400 e. The Morgan fingerprint density at radius 1 is 1.13 bits per heavy atom. The molecule has 0 spiro atoms. The first kappa shape index (κ1) is 21.2. The van der Waals surface area contributed by atoms with Gasteiger partial charge in [-0.3, -0.25) is 10.1 Å². The van der Waals surface area contributed by atoms with E-state index in [1.165, 1.54) is 30.5 Å². The highest BCUT2D eigenvalue weighted by Gasteiger charge is 2.31. The van der Waals surface area contributed by atoms with Gasteiger partial charge in [-0.2, -0.15) is 4.31 Å². The van der Waals surface area contributed by atoms with E-state index < -0.39 is 15.9 Å². The normalized spacial score (nSPS) is 15.3. The molecule has 0 saturated heterocycles. The fourth-order valence-electron chi connectivity index (χ4n) is 3.78. The second-order valence-electron chi connectivity index (χ2n) is 7.27. The van der Waals surface area contributed by atoms with Crippen LogP contribution in [0.3, 0.4) is 0 Å². The van der Waals surface area contributed by atoms with Gasteiger partial charge in [-0.25, -0.2) is 8.42 Å². The average molecular weight is 446 g/mol. The molecular formula is C20H23N5O5S. The Bertz CT molecular complexity index is 1120. The summed E-state index contributed by atoms with van der Waals surface area (Å²) < 4.78 is 38.1. The second kappa shape index (κ2) is 8.98. The molecule has 164 valence electrons. The highest BCUT2D eigenvalue weighted by molar-refractivity contribution is 7.89. The van der Waals surface area contributed by atoms with E-state index in [1.807, 2.05) is 6.92 Å². The number of nitrogens with zero attached hydrogens (tertiary/aromatic N) is 4. The summed E-state index contributed by atoms with van der Waals surface area (Å²) in [7, 11) is -3.63. The SMILES string of the molecule is CCN(C1CCCCC1)S(=O)(=O)c1ccc(C(=O)Nc2nnc(-c3ccno3)o2)cc1. The maximum absolute atomic E-state index is 13.1. The number of hydrogen-bond donors (Lipinski definition) is 1. The Morgan fingerprint density at radius 2 is 1.87 bits per heavy atom. The zero-order valence-electron chi connectivity index (χ0n) is 17.0. The number of rotatable bonds is 7. The van der Waals surface area contributed by atoms with Crippen LogP contribution in [0.25, 0.3) is 11.7 Å². The number of hydrogen-bond acceptors (Lipinski definition) is 8. The molecule has 1 amide bonds. The van der Waals surface area contributed by atoms with Gasteiger partial charge in [-0.05, 0) is 37.1 Å². The zero-order valence-corrected chi connectivity index (χ0v) is 17.8. The summed E-state index contributed by atoms with van der Waals surface area (Å²) in [6.07, 6.45) is 6.44. The number of carbonyl (C=O) groups is 1. The quantitative estimate of drug-likeness (QED) is 0.586. The highest BCUT2D eigenvalue weighted by Crippen LogP contribution is 2.28. The van der Waals surface area contributed by atoms with Crippen molar-refractivity contribution in [3.05, 3.63) is 42.1 Å². The van der Waals surface area contributed by atoms with E-state index in [2.05, 4.69) is 20.7 Å². The number of anilines is 1. The van der Waals surface area contributed by atoms with Gasteiger partial charge < -0.3 is 8.94 Å². The second-order valence-corrected chi connectivity index (χ2v) is 9.16. The van der Waals surface area contributed by atoms with Gasteiger partial charge in [-0.1, -0.05) is 36.4 Å². The van der Waals surface area contributed by atoms with Gasteiger partial charge in [0, 0.05) is 24.2 Å². The standard InChI is InChI=1S/C20H23N5O5S/c1-2-25(15-6-4-3-5-7-15)31(27,28)16-10-8-14(9-11-16)18(26)22-20-24-23-19(29-20)17-12-13-21-30-17/h8-13,15H,2-7H2,1H3,(H,22,24,26). The summed E-state index contributed by atoms with van der Waals surface area (Å²) in [5.41, 5.74) is 0.263. The third-order valence-corrected chi connectivity index (χ3v) is 7.35. The van der Waals surface area contributed by atoms with E-state index in [1.54, 1.807) is 10.4 Å². The number of benzene rings is 1. The lowest BCUT2D eigenvalue weighted by Gasteiger charge is -2.32. The fraction of sp³-hybridized carbons (Fsp3) is 0.400. The molecule has 0 aliphatic heterocycles. The molecule has 0 atom stereocenters. The lowest BCUT2D eigenvalue weighted by atomic mass is 9.95. The Hall–Kier alpha value is -3.05. The van der Waals surface area contributed by atoms with E-state index in [-0.39, 0.29) is 34.2 Å². The lowest BCUT2D eigenvalue weighted by molar-refractivity contribution is 0.102. The van der Waals surface area contributed by atoms with E-state index >= 15 is 0 Å². The first-order chi connectivity index (χ1) is 15.0. The van der Waals surface area contributed by atoms with Crippen molar-refractivity contribution >= 4 is 21.9 Å². The Morgan fingerprint density at radius 3 is 2.52 bits per heavy atom. The Balaban J connectivity index is 1.46. The van der Waals surface area contributed by atoms with Crippen LogP contribution in [0.15, 0.2) is 50.4 Å². The molecule has 2 heterocycles. The summed E-state index contributed by atoms with van der Waals surface area (Å²) >= 11 is 0. The Labute approximate surface area is 179 Å². The van der Waals surface area contributed by atoms with Crippen molar-refractivity contribution in [2.24, 2.45) is 0 Å². The van der Waals surface area contributed by atoms with Crippen LogP contribution in [0.2, 0.25) is 0 Å². The van der Waals surface area contributed by atoms with Gasteiger partial charge in [0.25, 0.3) is 11.8 Å². The van der Waals surface area contributed by atoms with Crippen LogP contribution >= 0.6 is 0 Å². The maximum atomic E-state index is 13.1. The summed E-state index contributed by atoms with van der Waals surface area (Å²) in [4.78, 5) is 12.6. The van der Waals surface area contributed by atoms with Gasteiger partial charge in [0.1, 0.15) is 0 Å². The van der Waals surface area contributed by atoms with Gasteiger partial charge >= 0.3 is 6.01 Å². The number of aromatic nitrogens is 3. The van der Waals surface area contributed by atoms with Crippen LogP contribution in [0.4, 0.5) is 6.01 Å². The fourth-order valence-corrected chi connectivity index (χ4v) is 5.47. The number of nitrogens with one attached hydrogen (secondary N) is 1. The van der Waals surface area contributed by atoms with Crippen LogP contribution in [0.5, 0.6) is 0 Å². The van der Waals surface area contributed by atoms with Crippen molar-refractivity contribution in [2.45, 2.75) is 50.0 Å². The molecule has 4 rings (SSSR count). The van der Waals surface area contributed by atoms with Crippen molar-refractivity contribution in [3.63, 3.8) is 0 Å². The summed E-state index contributed by atoms with van der Waals surface area (Å²) in [5.74, 6) is -0.144. The topological polar surface area (TPSA) is 131 Å². The molecular weight excluding hydrogens is 422 g/mol. The van der Waals surface area contributed by atoms with E-state index in [0.29, 0.717) is 6.54 Å².